The van der Waals surface area contributed by atoms with Crippen LogP contribution in [0.15, 0.2) is 71.9 Å². The van der Waals surface area contributed by atoms with Crippen molar-refractivity contribution < 1.29 is 14.4 Å². The lowest BCUT2D eigenvalue weighted by Gasteiger charge is -2.10. The van der Waals surface area contributed by atoms with Crippen LogP contribution in [-0.2, 0) is 9.59 Å². The summed E-state index contributed by atoms with van der Waals surface area (Å²) < 4.78 is 0. The van der Waals surface area contributed by atoms with Crippen LogP contribution in [0, 0.1) is 0 Å². The van der Waals surface area contributed by atoms with Crippen molar-refractivity contribution >= 4 is 34.9 Å². The molecule has 27 heavy (non-hydrogen) atoms. The third kappa shape index (κ3) is 3.92. The number of nitrogens with one attached hydrogen (secondary N) is 2. The van der Waals surface area contributed by atoms with E-state index in [2.05, 4.69) is 22.3 Å². The largest absolute Gasteiger partial charge is 0.326 e. The van der Waals surface area contributed by atoms with Gasteiger partial charge in [0.15, 0.2) is 5.84 Å². The third-order valence-corrected chi connectivity index (χ3v) is 3.90. The number of anilines is 2. The average molecular weight is 362 g/mol. The monoisotopic (exact) mass is 362 g/mol. The minimum atomic E-state index is -0.454. The Labute approximate surface area is 156 Å². The van der Waals surface area contributed by atoms with E-state index in [0.29, 0.717) is 23.4 Å². The lowest BCUT2D eigenvalue weighted by atomic mass is 10.1. The van der Waals surface area contributed by atoms with Crippen LogP contribution in [0.1, 0.15) is 23.7 Å². The first-order valence-corrected chi connectivity index (χ1v) is 8.38. The van der Waals surface area contributed by atoms with Crippen molar-refractivity contribution in [2.45, 2.75) is 13.3 Å². The number of hydrogen-bond donors (Lipinski definition) is 2. The van der Waals surface area contributed by atoms with Gasteiger partial charge in [0.1, 0.15) is 0 Å². The second-order valence-corrected chi connectivity index (χ2v) is 5.82. The number of hydrogen-bond acceptors (Lipinski definition) is 4. The molecule has 136 valence electrons. The zero-order valence-corrected chi connectivity index (χ0v) is 14.7. The minimum Gasteiger partial charge on any atom is -0.326 e. The SMILES string of the molecule is C=C1C(=O)N(c2ccccc2)N=C1NC(=O)c1cccc(NC(=O)CC)c1. The van der Waals surface area contributed by atoms with E-state index in [1.807, 2.05) is 6.07 Å². The highest BCUT2D eigenvalue weighted by Crippen LogP contribution is 2.21. The summed E-state index contributed by atoms with van der Waals surface area (Å²) in [5.41, 5.74) is 1.52. The van der Waals surface area contributed by atoms with E-state index in [1.165, 1.54) is 5.01 Å². The Morgan fingerprint density at radius 3 is 2.52 bits per heavy atom. The molecule has 0 saturated heterocycles. The first-order chi connectivity index (χ1) is 13.0. The maximum Gasteiger partial charge on any atom is 0.281 e. The van der Waals surface area contributed by atoms with Gasteiger partial charge in [0.05, 0.1) is 11.3 Å². The van der Waals surface area contributed by atoms with Crippen LogP contribution in [0.5, 0.6) is 0 Å². The van der Waals surface area contributed by atoms with E-state index >= 15 is 0 Å². The van der Waals surface area contributed by atoms with Gasteiger partial charge in [-0.1, -0.05) is 37.8 Å². The maximum absolute atomic E-state index is 12.5. The van der Waals surface area contributed by atoms with Crippen molar-refractivity contribution in [2.75, 3.05) is 10.3 Å². The Balaban J connectivity index is 1.77. The molecule has 0 aliphatic carbocycles. The fourth-order valence-corrected chi connectivity index (χ4v) is 2.45. The normalized spacial score (nSPS) is 13.4. The summed E-state index contributed by atoms with van der Waals surface area (Å²) in [5, 5.41) is 10.7. The molecule has 3 amide bonds. The number of carbonyl (C=O) groups is 3. The summed E-state index contributed by atoms with van der Waals surface area (Å²) in [6.07, 6.45) is 0.338. The van der Waals surface area contributed by atoms with Gasteiger partial charge in [-0.2, -0.15) is 5.01 Å². The Morgan fingerprint density at radius 2 is 1.81 bits per heavy atom. The predicted molar refractivity (Wildman–Crippen MR) is 103 cm³/mol. The van der Waals surface area contributed by atoms with Crippen molar-refractivity contribution in [3.8, 4) is 0 Å². The number of benzene rings is 2. The number of para-hydroxylation sites is 1. The number of amidine groups is 1. The zero-order valence-electron chi connectivity index (χ0n) is 14.7. The number of rotatable bonds is 4. The molecule has 2 aromatic rings. The Morgan fingerprint density at radius 1 is 1.07 bits per heavy atom. The summed E-state index contributed by atoms with van der Waals surface area (Å²) in [6, 6.07) is 15.4. The lowest BCUT2D eigenvalue weighted by Crippen LogP contribution is -2.31. The van der Waals surface area contributed by atoms with Crippen molar-refractivity contribution in [1.82, 2.24) is 5.32 Å². The standard InChI is InChI=1S/C20H18N4O3/c1-3-17(25)21-15-9-7-8-14(12-15)19(26)22-18-13(2)20(27)24(23-18)16-10-5-4-6-11-16/h4-12H,2-3H2,1H3,(H,21,25)(H,22,23,26). The molecule has 0 saturated carbocycles. The molecule has 7 nitrogen and oxygen atoms in total. The summed E-state index contributed by atoms with van der Waals surface area (Å²) in [7, 11) is 0. The molecule has 1 aliphatic rings. The zero-order chi connectivity index (χ0) is 19.4. The fourth-order valence-electron chi connectivity index (χ4n) is 2.45. The number of amides is 3. The highest BCUT2D eigenvalue weighted by atomic mass is 16.2. The molecule has 2 N–H and O–H groups in total. The van der Waals surface area contributed by atoms with Gasteiger partial charge in [0.25, 0.3) is 11.8 Å². The van der Waals surface area contributed by atoms with Gasteiger partial charge in [-0.3, -0.25) is 14.4 Å². The summed E-state index contributed by atoms with van der Waals surface area (Å²) >= 11 is 0. The molecular weight excluding hydrogens is 344 g/mol. The molecule has 0 aromatic heterocycles. The number of carbonyl (C=O) groups excluding carboxylic acids is 3. The fraction of sp³-hybridized carbons (Fsp3) is 0.100. The van der Waals surface area contributed by atoms with E-state index in [-0.39, 0.29) is 17.3 Å². The Kier molecular flexibility index (Phi) is 5.12. The summed E-state index contributed by atoms with van der Waals surface area (Å²) in [4.78, 5) is 36.4. The molecule has 1 heterocycles. The van der Waals surface area contributed by atoms with Gasteiger partial charge in [0.2, 0.25) is 5.91 Å². The Hall–Kier alpha value is -3.74. The van der Waals surface area contributed by atoms with Gasteiger partial charge in [-0.15, -0.1) is 5.10 Å². The van der Waals surface area contributed by atoms with E-state index in [4.69, 9.17) is 0 Å². The summed E-state index contributed by atoms with van der Waals surface area (Å²) in [5.74, 6) is -0.910. The molecule has 0 bridgehead atoms. The Bertz CT molecular complexity index is 951. The van der Waals surface area contributed by atoms with Crippen LogP contribution in [-0.4, -0.2) is 23.6 Å². The third-order valence-electron chi connectivity index (χ3n) is 3.90. The predicted octanol–water partition coefficient (Wildman–Crippen LogP) is 2.68. The molecule has 0 fully saturated rings. The van der Waals surface area contributed by atoms with Crippen molar-refractivity contribution in [3.63, 3.8) is 0 Å². The van der Waals surface area contributed by atoms with Crippen LogP contribution in [0.25, 0.3) is 0 Å². The molecule has 3 rings (SSSR count). The van der Waals surface area contributed by atoms with Crippen LogP contribution in [0.4, 0.5) is 11.4 Å². The van der Waals surface area contributed by atoms with Crippen LogP contribution in [0.3, 0.4) is 0 Å². The lowest BCUT2D eigenvalue weighted by molar-refractivity contribution is -0.116. The molecule has 0 unspecified atom stereocenters. The van der Waals surface area contributed by atoms with Crippen LogP contribution >= 0.6 is 0 Å². The van der Waals surface area contributed by atoms with Crippen LogP contribution in [0.2, 0.25) is 0 Å². The highest BCUT2D eigenvalue weighted by Gasteiger charge is 2.30. The molecule has 0 spiro atoms. The van der Waals surface area contributed by atoms with Crippen molar-refractivity contribution in [1.29, 1.82) is 0 Å². The van der Waals surface area contributed by atoms with Crippen molar-refractivity contribution in [2.24, 2.45) is 5.10 Å². The molecular formula is C20H18N4O3. The maximum atomic E-state index is 12.5. The highest BCUT2D eigenvalue weighted by molar-refractivity contribution is 6.32. The smallest absolute Gasteiger partial charge is 0.281 e. The van der Waals surface area contributed by atoms with Crippen LogP contribution < -0.4 is 15.6 Å². The number of hydrazone groups is 1. The van der Waals surface area contributed by atoms with Gasteiger partial charge < -0.3 is 10.6 Å². The average Bonchev–Trinajstić information content (AvgIpc) is 2.97. The van der Waals surface area contributed by atoms with E-state index in [0.717, 1.165) is 0 Å². The van der Waals surface area contributed by atoms with Gasteiger partial charge in [0, 0.05) is 17.7 Å². The second kappa shape index (κ2) is 7.65. The van der Waals surface area contributed by atoms with Gasteiger partial charge >= 0.3 is 0 Å². The van der Waals surface area contributed by atoms with Gasteiger partial charge in [-0.05, 0) is 30.3 Å². The molecule has 1 aliphatic heterocycles. The molecule has 2 aromatic carbocycles. The first-order valence-electron chi connectivity index (χ1n) is 8.38. The van der Waals surface area contributed by atoms with Gasteiger partial charge in [-0.25, -0.2) is 0 Å². The van der Waals surface area contributed by atoms with E-state index < -0.39 is 11.8 Å². The first kappa shape index (κ1) is 18.1. The second-order valence-electron chi connectivity index (χ2n) is 5.82. The molecule has 0 atom stereocenters. The molecule has 0 radical (unpaired) electrons. The number of nitrogens with zero attached hydrogens (tertiary/aromatic N) is 2. The van der Waals surface area contributed by atoms with Crippen molar-refractivity contribution in [3.05, 3.63) is 72.3 Å². The minimum absolute atomic E-state index is 0.0943. The van der Waals surface area contributed by atoms with E-state index in [1.54, 1.807) is 55.5 Å². The van der Waals surface area contributed by atoms with E-state index in [9.17, 15) is 14.4 Å². The molecule has 7 heteroatoms. The summed E-state index contributed by atoms with van der Waals surface area (Å²) in [6.45, 7) is 5.45. The topological polar surface area (TPSA) is 90.9 Å². The quantitative estimate of drug-likeness (QED) is 0.819.